The SMILES string of the molecule is CCNCOc1cc(OC)c2c3c1C(O)Nc1cc4c(c(c1-3)CC2)C(O)C(c1cc(OC)c(O)c(OCC(CO)C23c5c6cccc5C5CC(CCCO)C(CC(C7(N8C(=O)C=CC8=O)CCCCC7)C2C=C6)C3C5)c1)CO4. The zero-order valence-electron chi connectivity index (χ0n) is 44.9. The van der Waals surface area contributed by atoms with Crippen molar-refractivity contribution in [2.45, 2.75) is 119 Å². The van der Waals surface area contributed by atoms with Gasteiger partial charge in [0.05, 0.1) is 51.2 Å². The number of aliphatic hydroxyl groups excluding tert-OH is 4. The molecule has 2 amide bonds. The molecule has 412 valence electrons. The van der Waals surface area contributed by atoms with E-state index in [0.29, 0.717) is 71.4 Å². The Morgan fingerprint density at radius 3 is 2.40 bits per heavy atom. The number of allylic oxidation sites excluding steroid dienone is 1. The molecule has 0 radical (unpaired) electrons. The standard InChI is InChI=1S/C63H73N3O12/c1-4-64-32-78-49-28-47(74-2)39-14-15-40-54-46(65-61(73)57(49)56(39)54)27-48-55(40)59(71)42(31-77-48)36-24-50(75-3)60(72)51(25-36)76-30-37(29-68)63-43-16-13-33-10-8-12-38(58(33)63)35-22-34(11-9-21-67)41(44(63)23-35)26-45(43)62(19-6-5-7-20-62)66-52(69)17-18-53(66)70/h8,10,12-13,16-18,24-25,27-28,34-35,37,41-45,59,61,64-65,67-68,71-73H,4-7,9,11,14-15,19-23,26,29-32H2,1-3H3. The number of carbonyl (C=O) groups excluding carboxylic acids is 2. The van der Waals surface area contributed by atoms with Crippen LogP contribution < -0.4 is 34.3 Å². The molecule has 0 aromatic heterocycles. The first kappa shape index (κ1) is 51.3. The maximum atomic E-state index is 14.1. The van der Waals surface area contributed by atoms with Gasteiger partial charge in [-0.1, -0.05) is 56.5 Å². The van der Waals surface area contributed by atoms with E-state index in [1.54, 1.807) is 24.1 Å². The molecule has 4 aromatic carbocycles. The first-order chi connectivity index (χ1) is 38.0. The van der Waals surface area contributed by atoms with Crippen LogP contribution >= 0.6 is 0 Å². The van der Waals surface area contributed by atoms with E-state index in [9.17, 15) is 35.1 Å². The second-order valence-corrected chi connectivity index (χ2v) is 23.6. The lowest BCUT2D eigenvalue weighted by atomic mass is 9.36. The summed E-state index contributed by atoms with van der Waals surface area (Å²) in [4.78, 5) is 29.8. The lowest BCUT2D eigenvalue weighted by Gasteiger charge is -2.69. The van der Waals surface area contributed by atoms with Crippen molar-refractivity contribution in [1.82, 2.24) is 10.2 Å². The summed E-state index contributed by atoms with van der Waals surface area (Å²) in [6.45, 7) is 2.94. The number of aliphatic hydroxyl groups is 4. The number of imide groups is 1. The lowest BCUT2D eigenvalue weighted by molar-refractivity contribution is -0.163. The monoisotopic (exact) mass is 1060 g/mol. The summed E-state index contributed by atoms with van der Waals surface area (Å²) in [5.74, 6) is 0.810. The maximum Gasteiger partial charge on any atom is 0.254 e. The number of fused-ring (bicyclic) bond motifs is 4. The van der Waals surface area contributed by atoms with E-state index in [4.69, 9.17) is 23.7 Å². The predicted octanol–water partition coefficient (Wildman–Crippen LogP) is 8.48. The van der Waals surface area contributed by atoms with Crippen LogP contribution in [-0.4, -0.2) is 102 Å². The van der Waals surface area contributed by atoms with Crippen LogP contribution in [0.1, 0.15) is 140 Å². The Bertz CT molecular complexity index is 3110. The van der Waals surface area contributed by atoms with E-state index in [1.165, 1.54) is 30.4 Å². The van der Waals surface area contributed by atoms with Gasteiger partial charge in [0.25, 0.3) is 11.8 Å². The van der Waals surface area contributed by atoms with Crippen molar-refractivity contribution >= 4 is 23.6 Å². The van der Waals surface area contributed by atoms with E-state index in [2.05, 4.69) is 41.0 Å². The molecule has 0 spiro atoms. The van der Waals surface area contributed by atoms with Crippen LogP contribution in [0.4, 0.5) is 5.69 Å². The number of nitrogens with zero attached hydrogens (tertiary/aromatic N) is 1. The summed E-state index contributed by atoms with van der Waals surface area (Å²) in [6.07, 6.45) is 15.1. The van der Waals surface area contributed by atoms with Gasteiger partial charge in [-0.2, -0.15) is 0 Å². The molecule has 78 heavy (non-hydrogen) atoms. The molecule has 3 fully saturated rings. The third-order valence-corrected chi connectivity index (χ3v) is 20.5. The molecule has 2 bridgehead atoms. The van der Waals surface area contributed by atoms with E-state index in [1.807, 2.05) is 19.1 Å². The van der Waals surface area contributed by atoms with Gasteiger partial charge in [-0.25, -0.2) is 0 Å². The second-order valence-electron chi connectivity index (χ2n) is 23.6. The van der Waals surface area contributed by atoms with Crippen molar-refractivity contribution in [3.8, 4) is 45.6 Å². The largest absolute Gasteiger partial charge is 0.502 e. The van der Waals surface area contributed by atoms with Gasteiger partial charge in [0, 0.05) is 76.1 Å². The van der Waals surface area contributed by atoms with Gasteiger partial charge in [0.1, 0.15) is 24.0 Å². The van der Waals surface area contributed by atoms with Crippen molar-refractivity contribution in [3.63, 3.8) is 0 Å². The normalized spacial score (nSPS) is 29.5. The molecule has 6 aliphatic carbocycles. The summed E-state index contributed by atoms with van der Waals surface area (Å²) >= 11 is 0. The fraction of sp³-hybridized carbons (Fsp3) is 0.524. The van der Waals surface area contributed by atoms with Gasteiger partial charge in [-0.15, -0.1) is 0 Å². The van der Waals surface area contributed by atoms with Crippen molar-refractivity contribution in [2.75, 3.05) is 59.2 Å². The summed E-state index contributed by atoms with van der Waals surface area (Å²) in [7, 11) is 3.12. The van der Waals surface area contributed by atoms with E-state index in [-0.39, 0.29) is 91.8 Å². The number of benzene rings is 4. The highest BCUT2D eigenvalue weighted by atomic mass is 16.5. The van der Waals surface area contributed by atoms with E-state index < -0.39 is 35.1 Å². The number of nitrogens with one attached hydrogen (secondary N) is 2. The van der Waals surface area contributed by atoms with Crippen molar-refractivity contribution in [1.29, 1.82) is 0 Å². The summed E-state index contributed by atoms with van der Waals surface area (Å²) in [6, 6.07) is 13.8. The number of carbonyl (C=O) groups is 2. The number of ether oxygens (including phenoxy) is 5. The highest BCUT2D eigenvalue weighted by molar-refractivity contribution is 6.13. The number of methoxy groups -OCH3 is 2. The van der Waals surface area contributed by atoms with Crippen molar-refractivity contribution < 1.29 is 58.8 Å². The Hall–Kier alpha value is -6.10. The highest BCUT2D eigenvalue weighted by Crippen LogP contribution is 2.72. The van der Waals surface area contributed by atoms with Gasteiger partial charge in [-0.3, -0.25) is 19.8 Å². The lowest BCUT2D eigenvalue weighted by Crippen LogP contribution is -2.69. The molecule has 7 N–H and O–H groups in total. The van der Waals surface area contributed by atoms with Crippen LogP contribution in [0, 0.1) is 35.5 Å². The van der Waals surface area contributed by atoms with Gasteiger partial charge in [0.2, 0.25) is 5.75 Å². The highest BCUT2D eigenvalue weighted by Gasteiger charge is 2.69. The topological polar surface area (TPSA) is 209 Å². The first-order valence-corrected chi connectivity index (χ1v) is 28.7. The molecule has 0 saturated heterocycles. The summed E-state index contributed by atoms with van der Waals surface area (Å²) in [5, 5.41) is 65.5. The molecule has 11 unspecified atom stereocenters. The smallest absolute Gasteiger partial charge is 0.254 e. The van der Waals surface area contributed by atoms with Crippen LogP contribution in [-0.2, 0) is 27.8 Å². The van der Waals surface area contributed by atoms with E-state index in [0.717, 1.165) is 85.6 Å². The molecule has 15 nitrogen and oxygen atoms in total. The summed E-state index contributed by atoms with van der Waals surface area (Å²) < 4.78 is 31.6. The van der Waals surface area contributed by atoms with Gasteiger partial charge in [-0.05, 0) is 140 Å². The van der Waals surface area contributed by atoms with Gasteiger partial charge < -0.3 is 54.5 Å². The number of rotatable bonds is 17. The van der Waals surface area contributed by atoms with E-state index >= 15 is 0 Å². The van der Waals surface area contributed by atoms with Crippen LogP contribution in [0.15, 0.2) is 60.7 Å². The molecule has 13 rings (SSSR count). The summed E-state index contributed by atoms with van der Waals surface area (Å²) in [5.41, 5.74) is 8.39. The average Bonchev–Trinajstić information content (AvgIpc) is 1.98. The second kappa shape index (κ2) is 19.9. The minimum Gasteiger partial charge on any atom is -0.502 e. The quantitative estimate of drug-likeness (QED) is 0.0301. The Labute approximate surface area is 455 Å². The number of amides is 2. The number of anilines is 1. The minimum absolute atomic E-state index is 0.0277. The van der Waals surface area contributed by atoms with Gasteiger partial charge in [0.15, 0.2) is 17.7 Å². The molecular weight excluding hydrogens is 991 g/mol. The number of phenolic OH excluding ortho intramolecular Hbond substituents is 1. The molecule has 3 saturated carbocycles. The predicted molar refractivity (Wildman–Crippen MR) is 292 cm³/mol. The Morgan fingerprint density at radius 2 is 1.64 bits per heavy atom. The van der Waals surface area contributed by atoms with Crippen molar-refractivity contribution in [3.05, 3.63) is 105 Å². The van der Waals surface area contributed by atoms with Crippen LogP contribution in [0.2, 0.25) is 0 Å². The first-order valence-electron chi connectivity index (χ1n) is 28.7. The molecule has 15 heteroatoms. The fourth-order valence-corrected chi connectivity index (χ4v) is 17.5. The van der Waals surface area contributed by atoms with Gasteiger partial charge >= 0.3 is 0 Å². The number of phenols is 1. The fourth-order valence-electron chi connectivity index (χ4n) is 17.5. The molecular formula is C63H73N3O12. The van der Waals surface area contributed by atoms with Crippen LogP contribution in [0.3, 0.4) is 0 Å². The Morgan fingerprint density at radius 1 is 0.859 bits per heavy atom. The zero-order valence-corrected chi connectivity index (χ0v) is 44.9. The third-order valence-electron chi connectivity index (χ3n) is 20.5. The maximum absolute atomic E-state index is 14.1. The molecule has 9 aliphatic rings. The minimum atomic E-state index is -1.07. The number of hydrogen-bond acceptors (Lipinski definition) is 14. The average molecular weight is 1060 g/mol. The Kier molecular flexibility index (Phi) is 13.1. The Balaban J connectivity index is 0.888. The zero-order chi connectivity index (χ0) is 53.8. The van der Waals surface area contributed by atoms with Crippen molar-refractivity contribution in [2.24, 2.45) is 35.5 Å². The van der Waals surface area contributed by atoms with Crippen LogP contribution in [0.25, 0.3) is 17.2 Å². The third kappa shape index (κ3) is 7.53. The molecule has 11 atom stereocenters. The van der Waals surface area contributed by atoms with Crippen LogP contribution in [0.5, 0.6) is 34.5 Å². The number of hydrogen-bond donors (Lipinski definition) is 7. The molecule has 4 aromatic rings. The number of aromatic hydroxyl groups is 1. The molecule has 3 aliphatic heterocycles. The molecule has 3 heterocycles.